The fourth-order valence-electron chi connectivity index (χ4n) is 3.38. The van der Waals surface area contributed by atoms with Crippen molar-refractivity contribution in [3.63, 3.8) is 0 Å². The van der Waals surface area contributed by atoms with E-state index < -0.39 is 11.0 Å². The molecule has 1 amide bonds. The third-order valence-electron chi connectivity index (χ3n) is 4.22. The van der Waals surface area contributed by atoms with Gasteiger partial charge in [0.2, 0.25) is 0 Å². The predicted molar refractivity (Wildman–Crippen MR) is 72.9 cm³/mol. The molecule has 0 bridgehead atoms. The van der Waals surface area contributed by atoms with Crippen LogP contribution in [0.3, 0.4) is 0 Å². The number of hydrogen-bond acceptors (Lipinski definition) is 3. The molecule has 1 aliphatic heterocycles. The molecule has 0 aromatic rings. The highest BCUT2D eigenvalue weighted by atomic mass is 16.6. The molecular formula is C15H25NO3. The van der Waals surface area contributed by atoms with Crippen molar-refractivity contribution in [3.05, 3.63) is 0 Å². The van der Waals surface area contributed by atoms with Gasteiger partial charge in [0, 0.05) is 17.9 Å². The lowest BCUT2D eigenvalue weighted by atomic mass is 9.57. The van der Waals surface area contributed by atoms with Gasteiger partial charge in [0.1, 0.15) is 11.4 Å². The summed E-state index contributed by atoms with van der Waals surface area (Å²) in [5.41, 5.74) is -0.914. The van der Waals surface area contributed by atoms with E-state index in [1.54, 1.807) is 4.90 Å². The number of amides is 1. The first-order chi connectivity index (χ1) is 8.64. The van der Waals surface area contributed by atoms with E-state index in [9.17, 15) is 9.59 Å². The van der Waals surface area contributed by atoms with Crippen LogP contribution in [-0.2, 0) is 9.53 Å². The van der Waals surface area contributed by atoms with Crippen LogP contribution in [0.25, 0.3) is 0 Å². The Morgan fingerprint density at radius 2 is 1.95 bits per heavy atom. The van der Waals surface area contributed by atoms with E-state index in [0.717, 1.165) is 19.3 Å². The molecule has 108 valence electrons. The third kappa shape index (κ3) is 2.49. The van der Waals surface area contributed by atoms with E-state index in [-0.39, 0.29) is 18.1 Å². The Morgan fingerprint density at radius 3 is 2.53 bits per heavy atom. The van der Waals surface area contributed by atoms with Gasteiger partial charge in [-0.05, 0) is 33.6 Å². The van der Waals surface area contributed by atoms with E-state index in [1.807, 2.05) is 34.6 Å². The fraction of sp³-hybridized carbons (Fsp3) is 0.867. The second-order valence-corrected chi connectivity index (χ2v) is 7.31. The van der Waals surface area contributed by atoms with Crippen LogP contribution in [0, 0.1) is 11.3 Å². The summed E-state index contributed by atoms with van der Waals surface area (Å²) in [5, 5.41) is 0. The Bertz CT molecular complexity index is 395. The monoisotopic (exact) mass is 267 g/mol. The fourth-order valence-corrected chi connectivity index (χ4v) is 3.38. The van der Waals surface area contributed by atoms with Crippen molar-refractivity contribution in [2.75, 3.05) is 6.54 Å². The van der Waals surface area contributed by atoms with Gasteiger partial charge in [-0.3, -0.25) is 4.79 Å². The normalized spacial score (nSPS) is 30.2. The Hall–Kier alpha value is -1.06. The minimum atomic E-state index is -0.489. The average molecular weight is 267 g/mol. The average Bonchev–Trinajstić information content (AvgIpc) is 2.47. The second kappa shape index (κ2) is 4.50. The summed E-state index contributed by atoms with van der Waals surface area (Å²) in [6, 6.07) is 0.0114. The van der Waals surface area contributed by atoms with Crippen molar-refractivity contribution < 1.29 is 14.3 Å². The van der Waals surface area contributed by atoms with Crippen LogP contribution < -0.4 is 0 Å². The Labute approximate surface area is 115 Å². The van der Waals surface area contributed by atoms with Gasteiger partial charge < -0.3 is 9.64 Å². The summed E-state index contributed by atoms with van der Waals surface area (Å²) in [4.78, 5) is 26.3. The van der Waals surface area contributed by atoms with Gasteiger partial charge in [0.25, 0.3) is 0 Å². The molecule has 2 aliphatic rings. The number of likely N-dealkylation sites (tertiary alicyclic amines) is 1. The molecule has 1 heterocycles. The molecule has 0 aromatic heterocycles. The van der Waals surface area contributed by atoms with Crippen LogP contribution in [-0.4, -0.2) is 35.0 Å². The quantitative estimate of drug-likeness (QED) is 0.678. The maximum atomic E-state index is 12.3. The van der Waals surface area contributed by atoms with Crippen LogP contribution in [0.5, 0.6) is 0 Å². The van der Waals surface area contributed by atoms with E-state index in [4.69, 9.17) is 4.74 Å². The molecular weight excluding hydrogens is 242 g/mol. The van der Waals surface area contributed by atoms with Crippen LogP contribution in [0.4, 0.5) is 4.79 Å². The lowest BCUT2D eigenvalue weighted by Crippen LogP contribution is -2.66. The summed E-state index contributed by atoms with van der Waals surface area (Å²) in [5.74, 6) is 0.318. The van der Waals surface area contributed by atoms with Crippen LogP contribution in [0.2, 0.25) is 0 Å². The van der Waals surface area contributed by atoms with Crippen LogP contribution >= 0.6 is 0 Å². The smallest absolute Gasteiger partial charge is 0.410 e. The zero-order valence-electron chi connectivity index (χ0n) is 12.7. The first-order valence-electron chi connectivity index (χ1n) is 7.18. The molecule has 0 unspecified atom stereocenters. The third-order valence-corrected chi connectivity index (χ3v) is 4.22. The lowest BCUT2D eigenvalue weighted by molar-refractivity contribution is -0.155. The van der Waals surface area contributed by atoms with Crippen molar-refractivity contribution in [2.24, 2.45) is 11.3 Å². The van der Waals surface area contributed by atoms with E-state index in [2.05, 4.69) is 0 Å². The van der Waals surface area contributed by atoms with Crippen molar-refractivity contribution >= 4 is 11.9 Å². The molecule has 0 radical (unpaired) electrons. The molecule has 0 spiro atoms. The zero-order chi connectivity index (χ0) is 14.4. The van der Waals surface area contributed by atoms with Gasteiger partial charge in [0.05, 0.1) is 6.04 Å². The number of carbonyl (C=O) groups is 2. The molecule has 1 aliphatic carbocycles. The van der Waals surface area contributed by atoms with E-state index in [0.29, 0.717) is 12.3 Å². The number of ketones is 1. The molecule has 4 heteroatoms. The highest BCUT2D eigenvalue weighted by Gasteiger charge is 2.59. The van der Waals surface area contributed by atoms with Crippen molar-refractivity contribution in [2.45, 2.75) is 65.5 Å². The molecule has 0 aromatic carbocycles. The van der Waals surface area contributed by atoms with Gasteiger partial charge >= 0.3 is 6.09 Å². The maximum absolute atomic E-state index is 12.3. The summed E-state index contributed by atoms with van der Waals surface area (Å²) in [6.45, 7) is 10.2. The van der Waals surface area contributed by atoms with E-state index >= 15 is 0 Å². The molecule has 2 atom stereocenters. The van der Waals surface area contributed by atoms with Gasteiger partial charge in [-0.25, -0.2) is 4.79 Å². The number of ether oxygens (including phenoxy) is 1. The highest BCUT2D eigenvalue weighted by Crippen LogP contribution is 2.48. The minimum Gasteiger partial charge on any atom is -0.444 e. The second-order valence-electron chi connectivity index (χ2n) is 7.31. The Balaban J connectivity index is 2.19. The largest absolute Gasteiger partial charge is 0.444 e. The molecule has 2 fully saturated rings. The van der Waals surface area contributed by atoms with Crippen LogP contribution in [0.1, 0.15) is 53.9 Å². The topological polar surface area (TPSA) is 46.6 Å². The summed E-state index contributed by atoms with van der Waals surface area (Å²) in [6.07, 6.45) is 2.61. The van der Waals surface area contributed by atoms with Crippen molar-refractivity contribution in [1.29, 1.82) is 0 Å². The number of nitrogens with zero attached hydrogens (tertiary/aromatic N) is 1. The van der Waals surface area contributed by atoms with Gasteiger partial charge in [-0.15, -0.1) is 0 Å². The van der Waals surface area contributed by atoms with Crippen molar-refractivity contribution in [1.82, 2.24) is 4.90 Å². The summed E-state index contributed by atoms with van der Waals surface area (Å²) < 4.78 is 5.49. The molecule has 0 N–H and O–H groups in total. The van der Waals surface area contributed by atoms with Crippen molar-refractivity contribution in [3.8, 4) is 0 Å². The molecule has 2 rings (SSSR count). The number of hydrogen-bond donors (Lipinski definition) is 0. The molecule has 1 saturated heterocycles. The van der Waals surface area contributed by atoms with Gasteiger partial charge in [-0.1, -0.05) is 20.3 Å². The number of carbonyl (C=O) groups excluding carboxylic acids is 2. The minimum absolute atomic E-state index is 0.0114. The first kappa shape index (κ1) is 14.4. The van der Waals surface area contributed by atoms with Gasteiger partial charge in [-0.2, -0.15) is 0 Å². The maximum Gasteiger partial charge on any atom is 0.410 e. The Morgan fingerprint density at radius 1 is 1.32 bits per heavy atom. The lowest BCUT2D eigenvalue weighted by Gasteiger charge is -2.53. The zero-order valence-corrected chi connectivity index (χ0v) is 12.7. The molecule has 4 nitrogen and oxygen atoms in total. The summed E-state index contributed by atoms with van der Waals surface area (Å²) >= 11 is 0. The highest BCUT2D eigenvalue weighted by molar-refractivity contribution is 5.95. The van der Waals surface area contributed by atoms with Crippen LogP contribution in [0.15, 0.2) is 0 Å². The standard InChI is InChI=1S/C15H25NO3/c1-14(2,3)19-13(18)16-9-7-6-8-10-11(16)15(4,5)12(10)17/h10-11H,6-9H2,1-5H3/t10-,11+/m1/s1. The predicted octanol–water partition coefficient (Wildman–Crippen LogP) is 3.00. The molecule has 1 saturated carbocycles. The Kier molecular flexibility index (Phi) is 3.40. The van der Waals surface area contributed by atoms with Gasteiger partial charge in [0.15, 0.2) is 0 Å². The number of fused-ring (bicyclic) bond motifs is 1. The van der Waals surface area contributed by atoms with E-state index in [1.165, 1.54) is 0 Å². The number of rotatable bonds is 0. The first-order valence-corrected chi connectivity index (χ1v) is 7.18. The summed E-state index contributed by atoms with van der Waals surface area (Å²) in [7, 11) is 0. The SMILES string of the molecule is CC(C)(C)OC(=O)N1CCCC[C@H]2C(=O)C(C)(C)[C@H]21. The molecule has 19 heavy (non-hydrogen) atoms. The number of Topliss-reactive ketones (excluding diaryl/α,β-unsaturated/α-hetero) is 1.